The van der Waals surface area contributed by atoms with E-state index in [-0.39, 0.29) is 11.7 Å². The van der Waals surface area contributed by atoms with Gasteiger partial charge in [0.25, 0.3) is 0 Å². The molecule has 0 bridgehead atoms. The predicted octanol–water partition coefficient (Wildman–Crippen LogP) is 2.53. The summed E-state index contributed by atoms with van der Waals surface area (Å²) in [5.74, 6) is 0.0258. The van der Waals surface area contributed by atoms with Crippen LogP contribution >= 0.6 is 11.3 Å². The zero-order chi connectivity index (χ0) is 19.3. The van der Waals surface area contributed by atoms with Gasteiger partial charge in [-0.05, 0) is 29.8 Å². The summed E-state index contributed by atoms with van der Waals surface area (Å²) >= 11 is 1.75. The van der Waals surface area contributed by atoms with E-state index in [1.54, 1.807) is 11.3 Å². The third kappa shape index (κ3) is 4.97. The van der Waals surface area contributed by atoms with Crippen LogP contribution in [-0.4, -0.2) is 79.6 Å². The van der Waals surface area contributed by atoms with Crippen LogP contribution in [0.1, 0.15) is 4.88 Å². The Morgan fingerprint density at radius 2 is 1.64 bits per heavy atom. The summed E-state index contributed by atoms with van der Waals surface area (Å²) in [6, 6.07) is 10.9. The molecule has 0 N–H and O–H groups in total. The molecule has 150 valence electrons. The number of ether oxygens (including phenoxy) is 1. The molecular weight excluding hydrogens is 377 g/mol. The molecular formula is C21H26FN3O2S. The number of morpholine rings is 1. The molecule has 5 nitrogen and oxygen atoms in total. The lowest BCUT2D eigenvalue weighted by Gasteiger charge is -2.36. The first kappa shape index (κ1) is 19.5. The first-order valence-electron chi connectivity index (χ1n) is 9.82. The molecule has 4 rings (SSSR count). The highest BCUT2D eigenvalue weighted by molar-refractivity contribution is 7.15. The van der Waals surface area contributed by atoms with Gasteiger partial charge in [-0.25, -0.2) is 4.39 Å². The number of hydrogen-bond donors (Lipinski definition) is 0. The van der Waals surface area contributed by atoms with E-state index < -0.39 is 0 Å². The number of benzene rings is 1. The molecule has 1 amide bonds. The van der Waals surface area contributed by atoms with Gasteiger partial charge in [-0.2, -0.15) is 0 Å². The minimum Gasteiger partial charge on any atom is -0.379 e. The highest BCUT2D eigenvalue weighted by atomic mass is 32.1. The average molecular weight is 404 g/mol. The van der Waals surface area contributed by atoms with Gasteiger partial charge in [-0.1, -0.05) is 12.1 Å². The van der Waals surface area contributed by atoms with Crippen LogP contribution in [0, 0.1) is 5.82 Å². The van der Waals surface area contributed by atoms with Crippen molar-refractivity contribution in [2.24, 2.45) is 0 Å². The van der Waals surface area contributed by atoms with Gasteiger partial charge in [-0.3, -0.25) is 14.6 Å². The van der Waals surface area contributed by atoms with Gasteiger partial charge in [0.1, 0.15) is 5.82 Å². The van der Waals surface area contributed by atoms with Crippen LogP contribution in [0.15, 0.2) is 36.4 Å². The van der Waals surface area contributed by atoms with Crippen molar-refractivity contribution in [2.45, 2.75) is 6.54 Å². The second kappa shape index (κ2) is 9.13. The highest BCUT2D eigenvalue weighted by Gasteiger charge is 2.23. The van der Waals surface area contributed by atoms with Crippen molar-refractivity contribution in [1.29, 1.82) is 0 Å². The van der Waals surface area contributed by atoms with E-state index in [0.717, 1.165) is 69.5 Å². The van der Waals surface area contributed by atoms with E-state index in [4.69, 9.17) is 4.74 Å². The van der Waals surface area contributed by atoms with Gasteiger partial charge in [0, 0.05) is 55.6 Å². The average Bonchev–Trinajstić information content (AvgIpc) is 3.18. The van der Waals surface area contributed by atoms with Crippen molar-refractivity contribution in [3.05, 3.63) is 47.1 Å². The Bertz CT molecular complexity index is 781. The summed E-state index contributed by atoms with van der Waals surface area (Å²) in [7, 11) is 0. The molecule has 7 heteroatoms. The Labute approximate surface area is 169 Å². The van der Waals surface area contributed by atoms with Gasteiger partial charge < -0.3 is 9.64 Å². The molecule has 0 radical (unpaired) electrons. The van der Waals surface area contributed by atoms with E-state index in [1.165, 1.54) is 17.0 Å². The van der Waals surface area contributed by atoms with Crippen LogP contribution in [0.3, 0.4) is 0 Å². The fourth-order valence-electron chi connectivity index (χ4n) is 3.66. The maximum atomic E-state index is 13.1. The number of carbonyl (C=O) groups excluding carboxylic acids is 1. The molecule has 0 spiro atoms. The van der Waals surface area contributed by atoms with Crippen molar-refractivity contribution < 1.29 is 13.9 Å². The number of piperazine rings is 1. The minimum atomic E-state index is -0.207. The standard InChI is InChI=1S/C21H26FN3O2S/c22-18-3-1-17(2-4-18)20-6-5-19(28-20)15-23-7-9-25(10-8-23)21(26)16-24-11-13-27-14-12-24/h1-6H,7-16H2. The minimum absolute atomic E-state index is 0.207. The summed E-state index contributed by atoms with van der Waals surface area (Å²) in [5, 5.41) is 0. The van der Waals surface area contributed by atoms with Crippen LogP contribution < -0.4 is 0 Å². The van der Waals surface area contributed by atoms with Crippen LogP contribution in [0.5, 0.6) is 0 Å². The maximum Gasteiger partial charge on any atom is 0.236 e. The van der Waals surface area contributed by atoms with E-state index in [1.807, 2.05) is 17.0 Å². The fourth-order valence-corrected chi connectivity index (χ4v) is 4.71. The first-order chi connectivity index (χ1) is 13.7. The molecule has 2 aliphatic heterocycles. The Kier molecular flexibility index (Phi) is 6.36. The quantitative estimate of drug-likeness (QED) is 0.769. The monoisotopic (exact) mass is 403 g/mol. The summed E-state index contributed by atoms with van der Waals surface area (Å²) in [6.07, 6.45) is 0. The first-order valence-corrected chi connectivity index (χ1v) is 10.6. The molecule has 0 saturated carbocycles. The lowest BCUT2D eigenvalue weighted by atomic mass is 10.2. The van der Waals surface area contributed by atoms with Crippen LogP contribution in [0.4, 0.5) is 4.39 Å². The van der Waals surface area contributed by atoms with Crippen LogP contribution in [-0.2, 0) is 16.1 Å². The Balaban J connectivity index is 1.25. The van der Waals surface area contributed by atoms with Crippen LogP contribution in [0.2, 0.25) is 0 Å². The summed E-state index contributed by atoms with van der Waals surface area (Å²) in [4.78, 5) is 21.5. The van der Waals surface area contributed by atoms with E-state index in [0.29, 0.717) is 6.54 Å². The Hall–Kier alpha value is -1.80. The number of hydrogen-bond acceptors (Lipinski definition) is 5. The van der Waals surface area contributed by atoms with Crippen molar-refractivity contribution in [2.75, 3.05) is 59.0 Å². The normalized spacial score (nSPS) is 19.1. The smallest absolute Gasteiger partial charge is 0.236 e. The van der Waals surface area contributed by atoms with E-state index in [2.05, 4.69) is 21.9 Å². The second-order valence-electron chi connectivity index (χ2n) is 7.32. The summed E-state index contributed by atoms with van der Waals surface area (Å²) < 4.78 is 18.4. The third-order valence-corrected chi connectivity index (χ3v) is 6.48. The van der Waals surface area contributed by atoms with E-state index in [9.17, 15) is 9.18 Å². The number of rotatable bonds is 5. The molecule has 1 aromatic carbocycles. The molecule has 3 heterocycles. The van der Waals surface area contributed by atoms with Gasteiger partial charge in [0.15, 0.2) is 0 Å². The largest absolute Gasteiger partial charge is 0.379 e. The lowest BCUT2D eigenvalue weighted by Crippen LogP contribution is -2.51. The molecule has 1 aromatic heterocycles. The molecule has 0 unspecified atom stereocenters. The van der Waals surface area contributed by atoms with Crippen molar-refractivity contribution >= 4 is 17.2 Å². The SMILES string of the molecule is O=C(CN1CCOCC1)N1CCN(Cc2ccc(-c3ccc(F)cc3)s2)CC1. The number of nitrogens with zero attached hydrogens (tertiary/aromatic N) is 3. The van der Waals surface area contributed by atoms with Crippen molar-refractivity contribution in [1.82, 2.24) is 14.7 Å². The lowest BCUT2D eigenvalue weighted by molar-refractivity contribution is -0.135. The van der Waals surface area contributed by atoms with Crippen molar-refractivity contribution in [3.63, 3.8) is 0 Å². The van der Waals surface area contributed by atoms with Gasteiger partial charge >= 0.3 is 0 Å². The molecule has 2 fully saturated rings. The maximum absolute atomic E-state index is 13.1. The number of carbonyl (C=O) groups is 1. The number of amides is 1. The Morgan fingerprint density at radius 3 is 2.36 bits per heavy atom. The second-order valence-corrected chi connectivity index (χ2v) is 8.49. The zero-order valence-corrected chi connectivity index (χ0v) is 16.8. The zero-order valence-electron chi connectivity index (χ0n) is 16.0. The molecule has 2 saturated heterocycles. The van der Waals surface area contributed by atoms with Gasteiger partial charge in [-0.15, -0.1) is 11.3 Å². The van der Waals surface area contributed by atoms with Crippen molar-refractivity contribution in [3.8, 4) is 10.4 Å². The molecule has 28 heavy (non-hydrogen) atoms. The molecule has 0 atom stereocenters. The van der Waals surface area contributed by atoms with Gasteiger partial charge in [0.2, 0.25) is 5.91 Å². The van der Waals surface area contributed by atoms with E-state index >= 15 is 0 Å². The highest BCUT2D eigenvalue weighted by Crippen LogP contribution is 2.29. The number of halogens is 1. The number of thiophene rings is 1. The molecule has 2 aliphatic rings. The fraction of sp³-hybridized carbons (Fsp3) is 0.476. The predicted molar refractivity (Wildman–Crippen MR) is 109 cm³/mol. The molecule has 0 aliphatic carbocycles. The van der Waals surface area contributed by atoms with Gasteiger partial charge in [0.05, 0.1) is 19.8 Å². The summed E-state index contributed by atoms with van der Waals surface area (Å²) in [5.41, 5.74) is 1.05. The topological polar surface area (TPSA) is 36.0 Å². The third-order valence-electron chi connectivity index (χ3n) is 5.36. The Morgan fingerprint density at radius 1 is 0.929 bits per heavy atom. The molecule has 2 aromatic rings. The van der Waals surface area contributed by atoms with Crippen LogP contribution in [0.25, 0.3) is 10.4 Å². The summed E-state index contributed by atoms with van der Waals surface area (Å²) in [6.45, 7) is 7.94.